The average Bonchev–Trinajstić information content (AvgIpc) is 3.11. The third-order valence-corrected chi connectivity index (χ3v) is 3.92. The molecule has 2 rings (SSSR count). The molecule has 1 amide bonds. The zero-order chi connectivity index (χ0) is 12.8. The molecule has 5 heteroatoms. The van der Waals surface area contributed by atoms with Crippen molar-refractivity contribution in [2.75, 3.05) is 33.4 Å². The van der Waals surface area contributed by atoms with Gasteiger partial charge in [-0.2, -0.15) is 0 Å². The number of hydrogen-bond donors (Lipinski definition) is 2. The minimum Gasteiger partial charge on any atom is -0.383 e. The molecule has 1 aliphatic rings. The van der Waals surface area contributed by atoms with Crippen LogP contribution in [0.2, 0.25) is 0 Å². The number of carbonyl (C=O) groups is 1. The lowest BCUT2D eigenvalue weighted by Gasteiger charge is -2.06. The molecule has 0 radical (unpaired) electrons. The highest BCUT2D eigenvalue weighted by Crippen LogP contribution is 2.43. The Morgan fingerprint density at radius 2 is 2.28 bits per heavy atom. The molecule has 0 unspecified atom stereocenters. The van der Waals surface area contributed by atoms with Crippen molar-refractivity contribution in [2.24, 2.45) is 0 Å². The van der Waals surface area contributed by atoms with Gasteiger partial charge in [0.2, 0.25) is 0 Å². The summed E-state index contributed by atoms with van der Waals surface area (Å²) in [5, 5.41) is 8.17. The minimum absolute atomic E-state index is 0.0699. The summed E-state index contributed by atoms with van der Waals surface area (Å²) in [6.45, 7) is 2.95. The SMILES string of the molecule is COCCNCCNC(=O)c1sccc1C1CC1. The van der Waals surface area contributed by atoms with Gasteiger partial charge in [-0.1, -0.05) is 0 Å². The van der Waals surface area contributed by atoms with Crippen LogP contribution >= 0.6 is 11.3 Å². The number of methoxy groups -OCH3 is 1. The van der Waals surface area contributed by atoms with E-state index in [0.717, 1.165) is 18.0 Å². The van der Waals surface area contributed by atoms with Crippen molar-refractivity contribution in [3.63, 3.8) is 0 Å². The molecule has 100 valence electrons. The smallest absolute Gasteiger partial charge is 0.261 e. The molecular formula is C13H20N2O2S. The molecule has 1 aromatic heterocycles. The van der Waals surface area contributed by atoms with E-state index in [1.165, 1.54) is 18.4 Å². The van der Waals surface area contributed by atoms with E-state index in [0.29, 0.717) is 19.1 Å². The van der Waals surface area contributed by atoms with E-state index in [1.54, 1.807) is 18.4 Å². The van der Waals surface area contributed by atoms with Gasteiger partial charge in [0.15, 0.2) is 0 Å². The first-order valence-electron chi connectivity index (χ1n) is 6.38. The van der Waals surface area contributed by atoms with Gasteiger partial charge in [-0.05, 0) is 35.8 Å². The summed E-state index contributed by atoms with van der Waals surface area (Å²) in [5.74, 6) is 0.706. The molecule has 0 aliphatic heterocycles. The Kier molecular flexibility index (Phi) is 5.16. The molecule has 0 aromatic carbocycles. The van der Waals surface area contributed by atoms with E-state index in [1.807, 2.05) is 5.38 Å². The van der Waals surface area contributed by atoms with Gasteiger partial charge in [-0.15, -0.1) is 11.3 Å². The minimum atomic E-state index is 0.0699. The maximum Gasteiger partial charge on any atom is 0.261 e. The number of amides is 1. The van der Waals surface area contributed by atoms with Gasteiger partial charge >= 0.3 is 0 Å². The van der Waals surface area contributed by atoms with Crippen molar-refractivity contribution < 1.29 is 9.53 Å². The highest BCUT2D eigenvalue weighted by molar-refractivity contribution is 7.12. The fraction of sp³-hybridized carbons (Fsp3) is 0.615. The maximum atomic E-state index is 12.0. The molecule has 1 fully saturated rings. The van der Waals surface area contributed by atoms with Crippen LogP contribution < -0.4 is 10.6 Å². The maximum absolute atomic E-state index is 12.0. The highest BCUT2D eigenvalue weighted by atomic mass is 32.1. The van der Waals surface area contributed by atoms with Crippen molar-refractivity contribution >= 4 is 17.2 Å². The molecule has 2 N–H and O–H groups in total. The molecule has 1 aromatic rings. The van der Waals surface area contributed by atoms with Crippen LogP contribution in [-0.4, -0.2) is 39.3 Å². The molecule has 1 heterocycles. The normalized spacial score (nSPS) is 14.7. The molecule has 0 spiro atoms. The third kappa shape index (κ3) is 3.80. The van der Waals surface area contributed by atoms with Crippen LogP contribution in [0, 0.1) is 0 Å². The van der Waals surface area contributed by atoms with E-state index in [2.05, 4.69) is 16.7 Å². The van der Waals surface area contributed by atoms with Crippen LogP contribution in [0.5, 0.6) is 0 Å². The quantitative estimate of drug-likeness (QED) is 0.704. The molecule has 0 saturated heterocycles. The fourth-order valence-electron chi connectivity index (χ4n) is 1.86. The van der Waals surface area contributed by atoms with Crippen LogP contribution in [0.3, 0.4) is 0 Å². The van der Waals surface area contributed by atoms with E-state index in [-0.39, 0.29) is 5.91 Å². The third-order valence-electron chi connectivity index (χ3n) is 2.99. The summed E-state index contributed by atoms with van der Waals surface area (Å²) in [6.07, 6.45) is 2.46. The van der Waals surface area contributed by atoms with Gasteiger partial charge in [0.05, 0.1) is 11.5 Å². The molecule has 1 saturated carbocycles. The van der Waals surface area contributed by atoms with Gasteiger partial charge in [0.1, 0.15) is 0 Å². The predicted octanol–water partition coefficient (Wildman–Crippen LogP) is 1.59. The van der Waals surface area contributed by atoms with Gasteiger partial charge < -0.3 is 15.4 Å². The van der Waals surface area contributed by atoms with E-state index in [4.69, 9.17) is 4.74 Å². The second-order valence-electron chi connectivity index (χ2n) is 4.48. The van der Waals surface area contributed by atoms with Gasteiger partial charge in [0.25, 0.3) is 5.91 Å². The average molecular weight is 268 g/mol. The van der Waals surface area contributed by atoms with Crippen molar-refractivity contribution in [1.29, 1.82) is 0 Å². The first-order chi connectivity index (χ1) is 8.83. The Balaban J connectivity index is 1.69. The van der Waals surface area contributed by atoms with Crippen molar-refractivity contribution in [3.05, 3.63) is 21.9 Å². The number of hydrogen-bond acceptors (Lipinski definition) is 4. The largest absolute Gasteiger partial charge is 0.383 e. The zero-order valence-corrected chi connectivity index (χ0v) is 11.5. The standard InChI is InChI=1S/C13H20N2O2S/c1-17-8-7-14-5-6-15-13(16)12-11(4-9-18-12)10-2-3-10/h4,9-10,14H,2-3,5-8H2,1H3,(H,15,16). The number of ether oxygens (including phenoxy) is 1. The molecule has 0 atom stereocenters. The van der Waals surface area contributed by atoms with Gasteiger partial charge in [-0.3, -0.25) is 4.79 Å². The summed E-state index contributed by atoms with van der Waals surface area (Å²) in [4.78, 5) is 12.9. The van der Waals surface area contributed by atoms with E-state index >= 15 is 0 Å². The fourth-order valence-corrected chi connectivity index (χ4v) is 2.76. The summed E-state index contributed by atoms with van der Waals surface area (Å²) < 4.78 is 4.93. The van der Waals surface area contributed by atoms with Crippen molar-refractivity contribution in [2.45, 2.75) is 18.8 Å². The Labute approximate surface area is 112 Å². The Hall–Kier alpha value is -0.910. The first-order valence-corrected chi connectivity index (χ1v) is 7.26. The van der Waals surface area contributed by atoms with Gasteiger partial charge in [-0.25, -0.2) is 0 Å². The van der Waals surface area contributed by atoms with Gasteiger partial charge in [0, 0.05) is 26.7 Å². The van der Waals surface area contributed by atoms with E-state index in [9.17, 15) is 4.79 Å². The second-order valence-corrected chi connectivity index (χ2v) is 5.39. The summed E-state index contributed by atoms with van der Waals surface area (Å²) in [6, 6.07) is 2.09. The van der Waals surface area contributed by atoms with Crippen LogP contribution in [-0.2, 0) is 4.74 Å². The molecule has 18 heavy (non-hydrogen) atoms. The van der Waals surface area contributed by atoms with Crippen LogP contribution in [0.1, 0.15) is 34.0 Å². The lowest BCUT2D eigenvalue weighted by molar-refractivity contribution is 0.0957. The Bertz CT molecular complexity index is 388. The lowest BCUT2D eigenvalue weighted by Crippen LogP contribution is -2.33. The van der Waals surface area contributed by atoms with Crippen LogP contribution in [0.4, 0.5) is 0 Å². The Morgan fingerprint density at radius 3 is 3.00 bits per heavy atom. The predicted molar refractivity (Wildman–Crippen MR) is 73.4 cm³/mol. The number of nitrogens with one attached hydrogen (secondary N) is 2. The summed E-state index contributed by atoms with van der Waals surface area (Å²) >= 11 is 1.55. The Morgan fingerprint density at radius 1 is 1.44 bits per heavy atom. The monoisotopic (exact) mass is 268 g/mol. The number of carbonyl (C=O) groups excluding carboxylic acids is 1. The summed E-state index contributed by atoms with van der Waals surface area (Å²) in [7, 11) is 1.68. The van der Waals surface area contributed by atoms with Crippen molar-refractivity contribution in [3.8, 4) is 0 Å². The summed E-state index contributed by atoms with van der Waals surface area (Å²) in [5.41, 5.74) is 1.24. The number of rotatable bonds is 8. The molecule has 0 bridgehead atoms. The van der Waals surface area contributed by atoms with Crippen LogP contribution in [0.15, 0.2) is 11.4 Å². The lowest BCUT2D eigenvalue weighted by atomic mass is 10.1. The topological polar surface area (TPSA) is 50.4 Å². The van der Waals surface area contributed by atoms with Crippen molar-refractivity contribution in [1.82, 2.24) is 10.6 Å². The molecular weight excluding hydrogens is 248 g/mol. The second kappa shape index (κ2) is 6.87. The zero-order valence-electron chi connectivity index (χ0n) is 10.7. The van der Waals surface area contributed by atoms with Crippen LogP contribution in [0.25, 0.3) is 0 Å². The first kappa shape index (κ1) is 13.5. The number of thiophene rings is 1. The molecule has 4 nitrogen and oxygen atoms in total. The molecule has 1 aliphatic carbocycles. The highest BCUT2D eigenvalue weighted by Gasteiger charge is 2.28. The van der Waals surface area contributed by atoms with E-state index < -0.39 is 0 Å².